The van der Waals surface area contributed by atoms with Crippen molar-refractivity contribution in [2.45, 2.75) is 45.1 Å². The molecule has 0 saturated carbocycles. The van der Waals surface area contributed by atoms with Gasteiger partial charge in [0.15, 0.2) is 5.15 Å². The first-order valence-corrected chi connectivity index (χ1v) is 7.64. The molecule has 4 nitrogen and oxygen atoms in total. The molecule has 0 saturated heterocycles. The lowest BCUT2D eigenvalue weighted by Gasteiger charge is -2.10. The maximum Gasteiger partial charge on any atom is 0.265 e. The Balaban J connectivity index is 2.50. The minimum absolute atomic E-state index is 0.119. The summed E-state index contributed by atoms with van der Waals surface area (Å²) in [6, 6.07) is 1.58. The van der Waals surface area contributed by atoms with Gasteiger partial charge >= 0.3 is 0 Å². The van der Waals surface area contributed by atoms with Gasteiger partial charge in [-0.3, -0.25) is 4.79 Å². The van der Waals surface area contributed by atoms with Gasteiger partial charge in [-0.1, -0.05) is 55.8 Å². The number of unbranched alkanes of at least 4 members (excludes halogenated alkanes) is 3. The third-order valence-electron chi connectivity index (χ3n) is 2.61. The molecule has 1 amide bonds. The summed E-state index contributed by atoms with van der Waals surface area (Å²) in [7, 11) is 0. The highest BCUT2D eigenvalue weighted by Gasteiger charge is 2.20. The number of aromatic nitrogens is 1. The number of nitrogens with zero attached hydrogens (tertiary/aromatic N) is 2. The van der Waals surface area contributed by atoms with Crippen LogP contribution in [0.4, 0.5) is 0 Å². The van der Waals surface area contributed by atoms with E-state index in [2.05, 4.69) is 22.7 Å². The van der Waals surface area contributed by atoms with Gasteiger partial charge < -0.3 is 5.32 Å². The second-order valence-corrected chi connectivity index (χ2v) is 5.63. The van der Waals surface area contributed by atoms with Crippen LogP contribution in [0.1, 0.15) is 48.7 Å². The number of hydrogen-bond acceptors (Lipinski definition) is 4. The molecular weight excluding hydrogens is 305 g/mol. The van der Waals surface area contributed by atoms with E-state index >= 15 is 0 Å². The number of hydrogen-bond donors (Lipinski definition) is 1. The van der Waals surface area contributed by atoms with Crippen LogP contribution in [-0.4, -0.2) is 16.3 Å². The Bertz CT molecular complexity index is 470. The lowest BCUT2D eigenvalue weighted by atomic mass is 10.1. The van der Waals surface area contributed by atoms with Crippen LogP contribution in [0.15, 0.2) is 0 Å². The van der Waals surface area contributed by atoms with Gasteiger partial charge in [0.2, 0.25) is 0 Å². The van der Waals surface area contributed by atoms with Crippen molar-refractivity contribution in [3.8, 4) is 6.07 Å². The van der Waals surface area contributed by atoms with Gasteiger partial charge in [-0.15, -0.1) is 0 Å². The topological polar surface area (TPSA) is 65.8 Å². The molecule has 7 heteroatoms. The summed E-state index contributed by atoms with van der Waals surface area (Å²) in [5.74, 6) is -0.392. The van der Waals surface area contributed by atoms with Crippen LogP contribution >= 0.6 is 34.7 Å². The number of amides is 1. The Hall–Kier alpha value is -0.830. The SMILES string of the molecule is CCCCCCC(C#N)NC(=O)c1snc(Cl)c1Cl. The number of carbonyl (C=O) groups excluding carboxylic acids is 1. The quantitative estimate of drug-likeness (QED) is 0.771. The van der Waals surface area contributed by atoms with Crippen LogP contribution in [0.3, 0.4) is 0 Å². The summed E-state index contributed by atoms with van der Waals surface area (Å²) in [6.07, 6.45) is 4.91. The summed E-state index contributed by atoms with van der Waals surface area (Å²) in [6.45, 7) is 2.12. The van der Waals surface area contributed by atoms with Crippen molar-refractivity contribution in [3.05, 3.63) is 15.1 Å². The van der Waals surface area contributed by atoms with Gasteiger partial charge in [-0.05, 0) is 18.0 Å². The molecule has 104 valence electrons. The van der Waals surface area contributed by atoms with E-state index in [1.54, 1.807) is 0 Å². The van der Waals surface area contributed by atoms with Crippen LogP contribution in [-0.2, 0) is 0 Å². The standard InChI is InChI=1S/C12H15Cl2N3OS/c1-2-3-4-5-6-8(7-15)16-12(18)10-9(13)11(14)17-19-10/h8H,2-6H2,1H3,(H,16,18). The van der Waals surface area contributed by atoms with E-state index in [0.717, 1.165) is 37.2 Å². The molecule has 1 rings (SSSR count). The first-order valence-electron chi connectivity index (χ1n) is 6.11. The van der Waals surface area contributed by atoms with Crippen molar-refractivity contribution < 1.29 is 4.79 Å². The first-order chi connectivity index (χ1) is 9.10. The van der Waals surface area contributed by atoms with E-state index in [1.165, 1.54) is 0 Å². The highest BCUT2D eigenvalue weighted by Crippen LogP contribution is 2.28. The number of nitriles is 1. The van der Waals surface area contributed by atoms with Crippen LogP contribution in [0, 0.1) is 11.3 Å². The van der Waals surface area contributed by atoms with Crippen molar-refractivity contribution in [2.24, 2.45) is 0 Å². The number of halogens is 2. The number of carbonyl (C=O) groups is 1. The molecule has 0 aromatic carbocycles. The van der Waals surface area contributed by atoms with E-state index in [9.17, 15) is 4.79 Å². The van der Waals surface area contributed by atoms with E-state index in [1.807, 2.05) is 0 Å². The maximum absolute atomic E-state index is 11.9. The van der Waals surface area contributed by atoms with Crippen molar-refractivity contribution in [3.63, 3.8) is 0 Å². The predicted molar refractivity (Wildman–Crippen MR) is 77.8 cm³/mol. The summed E-state index contributed by atoms with van der Waals surface area (Å²) in [4.78, 5) is 12.2. The average Bonchev–Trinajstić information content (AvgIpc) is 2.73. The zero-order valence-electron chi connectivity index (χ0n) is 10.6. The monoisotopic (exact) mass is 319 g/mol. The minimum Gasteiger partial charge on any atom is -0.335 e. The molecule has 0 bridgehead atoms. The van der Waals surface area contributed by atoms with Gasteiger partial charge in [0.25, 0.3) is 5.91 Å². The van der Waals surface area contributed by atoms with E-state index in [-0.39, 0.29) is 15.1 Å². The Labute approximate surface area is 126 Å². The summed E-state index contributed by atoms with van der Waals surface area (Å²) in [5.41, 5.74) is 0. The normalized spacial score (nSPS) is 11.9. The predicted octanol–water partition coefficient (Wildman–Crippen LogP) is 4.04. The molecule has 0 fully saturated rings. The van der Waals surface area contributed by atoms with Gasteiger partial charge in [0.05, 0.1) is 6.07 Å². The molecule has 19 heavy (non-hydrogen) atoms. The molecule has 0 aliphatic heterocycles. The molecule has 1 unspecified atom stereocenters. The van der Waals surface area contributed by atoms with Crippen LogP contribution in [0.2, 0.25) is 10.2 Å². The van der Waals surface area contributed by atoms with Crippen molar-refractivity contribution in [2.75, 3.05) is 0 Å². The largest absolute Gasteiger partial charge is 0.335 e. The Kier molecular flexibility index (Phi) is 7.14. The zero-order chi connectivity index (χ0) is 14.3. The van der Waals surface area contributed by atoms with Gasteiger partial charge in [-0.25, -0.2) is 0 Å². The Morgan fingerprint density at radius 3 is 2.74 bits per heavy atom. The molecule has 1 atom stereocenters. The van der Waals surface area contributed by atoms with E-state index in [4.69, 9.17) is 28.5 Å². The zero-order valence-corrected chi connectivity index (χ0v) is 12.9. The average molecular weight is 320 g/mol. The van der Waals surface area contributed by atoms with Crippen LogP contribution in [0.25, 0.3) is 0 Å². The summed E-state index contributed by atoms with van der Waals surface area (Å²) < 4.78 is 3.79. The number of rotatable bonds is 7. The highest BCUT2D eigenvalue weighted by molar-refractivity contribution is 7.09. The molecular formula is C12H15Cl2N3OS. The third-order valence-corrected chi connectivity index (χ3v) is 4.41. The summed E-state index contributed by atoms with van der Waals surface area (Å²) in [5, 5.41) is 11.9. The van der Waals surface area contributed by atoms with Crippen molar-refractivity contribution in [1.29, 1.82) is 5.26 Å². The molecule has 1 aromatic rings. The van der Waals surface area contributed by atoms with E-state index in [0.29, 0.717) is 6.42 Å². The first kappa shape index (κ1) is 16.2. The fourth-order valence-corrected chi connectivity index (χ4v) is 2.69. The molecule has 0 spiro atoms. The van der Waals surface area contributed by atoms with Crippen LogP contribution < -0.4 is 5.32 Å². The van der Waals surface area contributed by atoms with Gasteiger partial charge in [0.1, 0.15) is 15.9 Å². The molecule has 1 heterocycles. The third kappa shape index (κ3) is 4.98. The maximum atomic E-state index is 11.9. The lowest BCUT2D eigenvalue weighted by molar-refractivity contribution is 0.0948. The molecule has 0 aliphatic rings. The van der Waals surface area contributed by atoms with Gasteiger partial charge in [0, 0.05) is 0 Å². The molecule has 1 aromatic heterocycles. The molecule has 0 aliphatic carbocycles. The minimum atomic E-state index is -0.499. The second-order valence-electron chi connectivity index (χ2n) is 4.12. The molecule has 0 radical (unpaired) electrons. The Morgan fingerprint density at radius 2 is 2.21 bits per heavy atom. The smallest absolute Gasteiger partial charge is 0.265 e. The Morgan fingerprint density at radius 1 is 1.47 bits per heavy atom. The lowest BCUT2D eigenvalue weighted by Crippen LogP contribution is -2.33. The van der Waals surface area contributed by atoms with Crippen molar-refractivity contribution in [1.82, 2.24) is 9.69 Å². The fourth-order valence-electron chi connectivity index (χ4n) is 1.57. The van der Waals surface area contributed by atoms with E-state index < -0.39 is 11.9 Å². The van der Waals surface area contributed by atoms with Crippen molar-refractivity contribution >= 4 is 40.6 Å². The molecule has 1 N–H and O–H groups in total. The second kappa shape index (κ2) is 8.36. The summed E-state index contributed by atoms with van der Waals surface area (Å²) >= 11 is 12.5. The van der Waals surface area contributed by atoms with Crippen LogP contribution in [0.5, 0.6) is 0 Å². The highest BCUT2D eigenvalue weighted by atomic mass is 35.5. The van der Waals surface area contributed by atoms with Gasteiger partial charge in [-0.2, -0.15) is 9.64 Å². The number of nitrogens with one attached hydrogen (secondary N) is 1. The fraction of sp³-hybridized carbons (Fsp3) is 0.583.